The van der Waals surface area contributed by atoms with Crippen LogP contribution in [0.1, 0.15) is 18.1 Å². The van der Waals surface area contributed by atoms with Gasteiger partial charge in [-0.25, -0.2) is 14.4 Å². The minimum Gasteiger partial charge on any atom is -0.366 e. The summed E-state index contributed by atoms with van der Waals surface area (Å²) in [6, 6.07) is 6.83. The summed E-state index contributed by atoms with van der Waals surface area (Å²) in [5, 5.41) is 5.52. The maximum atomic E-state index is 12.9. The number of thiophene rings is 1. The van der Waals surface area contributed by atoms with Crippen LogP contribution in [0.2, 0.25) is 0 Å². The molecule has 0 spiro atoms. The topological polar surface area (TPSA) is 37.8 Å². The summed E-state index contributed by atoms with van der Waals surface area (Å²) in [6.07, 6.45) is 2.41. The minimum absolute atomic E-state index is 0.203. The van der Waals surface area contributed by atoms with Gasteiger partial charge in [-0.1, -0.05) is 12.1 Å². The highest BCUT2D eigenvalue weighted by Crippen LogP contribution is 2.28. The number of fused-ring (bicyclic) bond motifs is 1. The molecule has 0 saturated heterocycles. The van der Waals surface area contributed by atoms with Crippen molar-refractivity contribution >= 4 is 27.4 Å². The Hall–Kier alpha value is -2.01. The lowest BCUT2D eigenvalue weighted by molar-refractivity contribution is 0.626. The number of aromatic nitrogens is 2. The number of halogens is 1. The van der Waals surface area contributed by atoms with Crippen LogP contribution in [0.5, 0.6) is 0 Å². The van der Waals surface area contributed by atoms with E-state index in [9.17, 15) is 4.39 Å². The number of hydrogen-bond donors (Lipinski definition) is 1. The third-order valence-corrected chi connectivity index (χ3v) is 4.46. The van der Waals surface area contributed by atoms with Crippen LogP contribution < -0.4 is 5.32 Å². The van der Waals surface area contributed by atoms with Gasteiger partial charge in [-0.2, -0.15) is 0 Å². The van der Waals surface area contributed by atoms with Gasteiger partial charge in [0.15, 0.2) is 0 Å². The highest BCUT2D eigenvalue weighted by Gasteiger charge is 2.11. The largest absolute Gasteiger partial charge is 0.366 e. The van der Waals surface area contributed by atoms with Crippen LogP contribution in [-0.4, -0.2) is 16.0 Å². The number of rotatable bonds is 4. The Kier molecular flexibility index (Phi) is 3.84. The maximum absolute atomic E-state index is 12.9. The Labute approximate surface area is 126 Å². The van der Waals surface area contributed by atoms with E-state index >= 15 is 0 Å². The molecule has 1 atom stereocenters. The fourth-order valence-electron chi connectivity index (χ4n) is 2.33. The summed E-state index contributed by atoms with van der Waals surface area (Å²) >= 11 is 1.65. The first kappa shape index (κ1) is 13.9. The van der Waals surface area contributed by atoms with E-state index in [-0.39, 0.29) is 11.9 Å². The van der Waals surface area contributed by atoms with Crippen LogP contribution in [0, 0.1) is 12.7 Å². The molecule has 0 radical (unpaired) electrons. The highest BCUT2D eigenvalue weighted by molar-refractivity contribution is 7.18. The van der Waals surface area contributed by atoms with E-state index < -0.39 is 0 Å². The van der Waals surface area contributed by atoms with Gasteiger partial charge in [0.25, 0.3) is 0 Å². The molecule has 3 nitrogen and oxygen atoms in total. The first-order valence-electron chi connectivity index (χ1n) is 6.83. The average Bonchev–Trinajstić information content (AvgIpc) is 2.84. The summed E-state index contributed by atoms with van der Waals surface area (Å²) in [4.78, 5) is 8.66. The number of benzene rings is 1. The summed E-state index contributed by atoms with van der Waals surface area (Å²) < 4.78 is 14.0. The van der Waals surface area contributed by atoms with Crippen molar-refractivity contribution < 1.29 is 4.39 Å². The van der Waals surface area contributed by atoms with Crippen molar-refractivity contribution in [3.05, 3.63) is 52.9 Å². The fraction of sp³-hybridized carbons (Fsp3) is 0.250. The average molecular weight is 301 g/mol. The number of nitrogens with zero attached hydrogens (tertiary/aromatic N) is 2. The van der Waals surface area contributed by atoms with Gasteiger partial charge in [0.2, 0.25) is 0 Å². The van der Waals surface area contributed by atoms with E-state index in [1.807, 2.05) is 12.1 Å². The monoisotopic (exact) mass is 301 g/mol. The molecule has 21 heavy (non-hydrogen) atoms. The Balaban J connectivity index is 1.77. The zero-order valence-corrected chi connectivity index (χ0v) is 12.7. The molecule has 0 aliphatic rings. The lowest BCUT2D eigenvalue weighted by Crippen LogP contribution is -2.19. The van der Waals surface area contributed by atoms with Crippen molar-refractivity contribution in [2.24, 2.45) is 0 Å². The van der Waals surface area contributed by atoms with Gasteiger partial charge in [0, 0.05) is 6.04 Å². The summed E-state index contributed by atoms with van der Waals surface area (Å²) in [7, 11) is 0. The van der Waals surface area contributed by atoms with Gasteiger partial charge >= 0.3 is 0 Å². The van der Waals surface area contributed by atoms with E-state index in [4.69, 9.17) is 0 Å². The van der Waals surface area contributed by atoms with Gasteiger partial charge < -0.3 is 5.32 Å². The van der Waals surface area contributed by atoms with Crippen LogP contribution in [0.4, 0.5) is 10.2 Å². The molecule has 1 N–H and O–H groups in total. The number of hydrogen-bond acceptors (Lipinski definition) is 4. The van der Waals surface area contributed by atoms with Gasteiger partial charge in [0.1, 0.15) is 18.0 Å². The molecule has 0 fully saturated rings. The molecule has 0 bridgehead atoms. The number of nitrogens with one attached hydrogen (secondary N) is 1. The molecule has 3 aromatic rings. The minimum atomic E-state index is -0.203. The summed E-state index contributed by atoms with van der Waals surface area (Å²) in [5.74, 6) is 0.665. The first-order chi connectivity index (χ1) is 10.1. The Morgan fingerprint density at radius 2 is 2.00 bits per heavy atom. The quantitative estimate of drug-likeness (QED) is 0.785. The van der Waals surface area contributed by atoms with Crippen LogP contribution in [0.15, 0.2) is 36.0 Å². The van der Waals surface area contributed by atoms with E-state index in [2.05, 4.69) is 34.5 Å². The molecule has 1 aromatic carbocycles. The molecule has 108 valence electrons. The van der Waals surface area contributed by atoms with Gasteiger partial charge in [-0.05, 0) is 48.9 Å². The fourth-order valence-corrected chi connectivity index (χ4v) is 3.29. The Morgan fingerprint density at radius 3 is 2.76 bits per heavy atom. The van der Waals surface area contributed by atoms with Crippen molar-refractivity contribution in [2.75, 3.05) is 5.32 Å². The smallest absolute Gasteiger partial charge is 0.147 e. The molecule has 0 saturated carbocycles. The molecule has 2 aromatic heterocycles. The Morgan fingerprint density at radius 1 is 1.24 bits per heavy atom. The molecule has 1 unspecified atom stereocenters. The second-order valence-electron chi connectivity index (χ2n) is 5.19. The summed E-state index contributed by atoms with van der Waals surface area (Å²) in [5.41, 5.74) is 3.28. The van der Waals surface area contributed by atoms with Gasteiger partial charge in [-0.15, -0.1) is 11.3 Å². The van der Waals surface area contributed by atoms with Crippen molar-refractivity contribution in [2.45, 2.75) is 26.3 Å². The second kappa shape index (κ2) is 5.77. The maximum Gasteiger partial charge on any atom is 0.147 e. The van der Waals surface area contributed by atoms with E-state index in [1.165, 1.54) is 17.7 Å². The van der Waals surface area contributed by atoms with Gasteiger partial charge in [0.05, 0.1) is 10.2 Å². The molecule has 3 rings (SSSR count). The molecule has 5 heteroatoms. The predicted molar refractivity (Wildman–Crippen MR) is 85.3 cm³/mol. The lowest BCUT2D eigenvalue weighted by Gasteiger charge is -2.15. The van der Waals surface area contributed by atoms with Crippen LogP contribution in [0.25, 0.3) is 10.2 Å². The number of aryl methyl sites for hydroxylation is 1. The highest BCUT2D eigenvalue weighted by atomic mass is 32.1. The zero-order chi connectivity index (χ0) is 14.8. The third-order valence-electron chi connectivity index (χ3n) is 3.37. The van der Waals surface area contributed by atoms with E-state index in [1.54, 1.807) is 17.7 Å². The zero-order valence-electron chi connectivity index (χ0n) is 11.9. The van der Waals surface area contributed by atoms with Crippen molar-refractivity contribution in [1.29, 1.82) is 0 Å². The second-order valence-corrected chi connectivity index (χ2v) is 6.07. The Bertz CT molecular complexity index is 752. The van der Waals surface area contributed by atoms with Crippen molar-refractivity contribution in [3.63, 3.8) is 0 Å². The van der Waals surface area contributed by atoms with Crippen LogP contribution >= 0.6 is 11.3 Å². The van der Waals surface area contributed by atoms with Crippen LogP contribution in [0.3, 0.4) is 0 Å². The normalized spacial score (nSPS) is 12.5. The van der Waals surface area contributed by atoms with E-state index in [0.29, 0.717) is 0 Å². The SMILES string of the molecule is Cc1csc2c(NC(C)Cc3ccc(F)cc3)ncnc12. The molecule has 2 heterocycles. The lowest BCUT2D eigenvalue weighted by atomic mass is 10.1. The molecular formula is C16H16FN3S. The van der Waals surface area contributed by atoms with Crippen molar-refractivity contribution in [1.82, 2.24) is 9.97 Å². The van der Waals surface area contributed by atoms with Crippen LogP contribution in [-0.2, 0) is 6.42 Å². The molecule has 0 amide bonds. The van der Waals surface area contributed by atoms with E-state index in [0.717, 1.165) is 28.0 Å². The summed E-state index contributed by atoms with van der Waals surface area (Å²) in [6.45, 7) is 4.15. The molecule has 0 aliphatic carbocycles. The number of anilines is 1. The van der Waals surface area contributed by atoms with Crippen molar-refractivity contribution in [3.8, 4) is 0 Å². The first-order valence-corrected chi connectivity index (χ1v) is 7.71. The predicted octanol–water partition coefficient (Wildman–Crippen LogP) is 4.18. The molecule has 0 aliphatic heterocycles. The standard InChI is InChI=1S/C16H16FN3S/c1-10-8-21-15-14(10)18-9-19-16(15)20-11(2)7-12-3-5-13(17)6-4-12/h3-6,8-9,11H,7H2,1-2H3,(H,18,19,20). The third kappa shape index (κ3) is 3.03. The molecular weight excluding hydrogens is 285 g/mol. The van der Waals surface area contributed by atoms with Gasteiger partial charge in [-0.3, -0.25) is 0 Å².